The van der Waals surface area contributed by atoms with Crippen molar-refractivity contribution in [1.29, 1.82) is 0 Å². The lowest BCUT2D eigenvalue weighted by Gasteiger charge is -2.18. The molecule has 0 heterocycles. The van der Waals surface area contributed by atoms with Crippen molar-refractivity contribution in [3.63, 3.8) is 0 Å². The van der Waals surface area contributed by atoms with Gasteiger partial charge in [-0.05, 0) is 53.7 Å². The second-order valence-corrected chi connectivity index (χ2v) is 5.34. The standard InChI is InChI=1S/C19H18O2/c1-14(20)21-18-11-9-15(10-12-18)13-17-7-4-6-16-5-2-3-8-19(16)17/h2-3,5,8-13H,4,6-7H2,1H3/b17-13+. The van der Waals surface area contributed by atoms with Crippen LogP contribution in [0.15, 0.2) is 48.5 Å². The zero-order chi connectivity index (χ0) is 14.7. The maximum absolute atomic E-state index is 10.9. The third-order valence-electron chi connectivity index (χ3n) is 3.74. The first-order chi connectivity index (χ1) is 10.2. The lowest BCUT2D eigenvalue weighted by molar-refractivity contribution is -0.131. The van der Waals surface area contributed by atoms with Crippen molar-refractivity contribution >= 4 is 17.6 Å². The zero-order valence-electron chi connectivity index (χ0n) is 12.1. The molecule has 3 rings (SSSR count). The first-order valence-electron chi connectivity index (χ1n) is 7.30. The Bertz CT molecular complexity index is 681. The van der Waals surface area contributed by atoms with Crippen molar-refractivity contribution in [2.75, 3.05) is 0 Å². The average Bonchev–Trinajstić information content (AvgIpc) is 2.49. The van der Waals surface area contributed by atoms with Crippen molar-refractivity contribution < 1.29 is 9.53 Å². The molecule has 1 aliphatic rings. The van der Waals surface area contributed by atoms with Gasteiger partial charge in [0.05, 0.1) is 0 Å². The van der Waals surface area contributed by atoms with Gasteiger partial charge in [0.15, 0.2) is 0 Å². The molecule has 0 saturated heterocycles. The molecule has 2 aromatic carbocycles. The van der Waals surface area contributed by atoms with Gasteiger partial charge < -0.3 is 4.74 Å². The Morgan fingerprint density at radius 2 is 1.81 bits per heavy atom. The molecule has 0 amide bonds. The number of esters is 1. The van der Waals surface area contributed by atoms with Crippen molar-refractivity contribution in [1.82, 2.24) is 0 Å². The second kappa shape index (κ2) is 5.96. The normalized spacial score (nSPS) is 15.6. The topological polar surface area (TPSA) is 26.3 Å². The van der Waals surface area contributed by atoms with Crippen LogP contribution in [0.2, 0.25) is 0 Å². The number of carbonyl (C=O) groups is 1. The lowest BCUT2D eigenvalue weighted by atomic mass is 9.86. The fourth-order valence-electron chi connectivity index (χ4n) is 2.80. The Morgan fingerprint density at radius 1 is 1.05 bits per heavy atom. The molecule has 0 unspecified atom stereocenters. The number of aryl methyl sites for hydroxylation is 1. The summed E-state index contributed by atoms with van der Waals surface area (Å²) in [6.07, 6.45) is 5.71. The zero-order valence-corrected chi connectivity index (χ0v) is 12.1. The van der Waals surface area contributed by atoms with Gasteiger partial charge in [-0.3, -0.25) is 4.79 Å². The highest BCUT2D eigenvalue weighted by atomic mass is 16.5. The summed E-state index contributed by atoms with van der Waals surface area (Å²) in [5.41, 5.74) is 5.33. The van der Waals surface area contributed by atoms with Crippen LogP contribution in [-0.2, 0) is 11.2 Å². The summed E-state index contributed by atoms with van der Waals surface area (Å²) in [4.78, 5) is 10.9. The minimum Gasteiger partial charge on any atom is -0.427 e. The van der Waals surface area contributed by atoms with E-state index in [1.807, 2.05) is 24.3 Å². The summed E-state index contributed by atoms with van der Waals surface area (Å²) in [5, 5.41) is 0. The number of hydrogen-bond acceptors (Lipinski definition) is 2. The molecule has 106 valence electrons. The van der Waals surface area contributed by atoms with Crippen LogP contribution in [0.5, 0.6) is 5.75 Å². The number of ether oxygens (including phenoxy) is 1. The highest BCUT2D eigenvalue weighted by molar-refractivity contribution is 5.83. The molecule has 0 fully saturated rings. The molecule has 0 aliphatic heterocycles. The van der Waals surface area contributed by atoms with Crippen LogP contribution in [-0.4, -0.2) is 5.97 Å². The summed E-state index contributed by atoms with van der Waals surface area (Å²) < 4.78 is 5.06. The highest BCUT2D eigenvalue weighted by Crippen LogP contribution is 2.32. The van der Waals surface area contributed by atoms with Crippen molar-refractivity contribution in [3.8, 4) is 5.75 Å². The van der Waals surface area contributed by atoms with Crippen molar-refractivity contribution in [3.05, 3.63) is 65.2 Å². The van der Waals surface area contributed by atoms with E-state index in [0.717, 1.165) is 12.0 Å². The molecule has 0 saturated carbocycles. The fraction of sp³-hybridized carbons (Fsp3) is 0.211. The van der Waals surface area contributed by atoms with E-state index < -0.39 is 0 Å². The van der Waals surface area contributed by atoms with Gasteiger partial charge in [-0.15, -0.1) is 0 Å². The Balaban J connectivity index is 1.87. The number of rotatable bonds is 2. The van der Waals surface area contributed by atoms with Gasteiger partial charge in [0.1, 0.15) is 5.75 Å². The van der Waals surface area contributed by atoms with Gasteiger partial charge in [-0.25, -0.2) is 0 Å². The van der Waals surface area contributed by atoms with E-state index in [2.05, 4.69) is 30.3 Å². The second-order valence-electron chi connectivity index (χ2n) is 5.34. The minimum absolute atomic E-state index is 0.290. The SMILES string of the molecule is CC(=O)Oc1ccc(/C=C2\CCCc3ccccc32)cc1. The van der Waals surface area contributed by atoms with Crippen LogP contribution in [0.3, 0.4) is 0 Å². The van der Waals surface area contributed by atoms with Crippen LogP contribution in [0.4, 0.5) is 0 Å². The molecule has 0 bridgehead atoms. The average molecular weight is 278 g/mol. The molecule has 0 spiro atoms. The molecule has 0 aromatic heterocycles. The number of benzene rings is 2. The van der Waals surface area contributed by atoms with Crippen molar-refractivity contribution in [2.24, 2.45) is 0 Å². The summed E-state index contributed by atoms with van der Waals surface area (Å²) in [6.45, 7) is 1.41. The number of allylic oxidation sites excluding steroid dienone is 1. The molecule has 0 radical (unpaired) electrons. The quantitative estimate of drug-likeness (QED) is 0.597. The van der Waals surface area contributed by atoms with Crippen molar-refractivity contribution in [2.45, 2.75) is 26.2 Å². The van der Waals surface area contributed by atoms with E-state index in [1.54, 1.807) is 0 Å². The Morgan fingerprint density at radius 3 is 2.57 bits per heavy atom. The summed E-state index contributed by atoms with van der Waals surface area (Å²) in [7, 11) is 0. The van der Waals surface area contributed by atoms with Crippen LogP contribution in [0, 0.1) is 0 Å². The van der Waals surface area contributed by atoms with E-state index in [-0.39, 0.29) is 5.97 Å². The largest absolute Gasteiger partial charge is 0.427 e. The van der Waals surface area contributed by atoms with E-state index in [0.29, 0.717) is 5.75 Å². The van der Waals surface area contributed by atoms with E-state index in [1.165, 1.54) is 36.5 Å². The molecule has 2 nitrogen and oxygen atoms in total. The minimum atomic E-state index is -0.290. The maximum Gasteiger partial charge on any atom is 0.308 e. The van der Waals surface area contributed by atoms with Crippen LogP contribution >= 0.6 is 0 Å². The summed E-state index contributed by atoms with van der Waals surface area (Å²) in [5.74, 6) is 0.302. The Labute approximate surface area is 125 Å². The first-order valence-corrected chi connectivity index (χ1v) is 7.30. The molecular weight excluding hydrogens is 260 g/mol. The summed E-state index contributed by atoms with van der Waals surface area (Å²) >= 11 is 0. The van der Waals surface area contributed by atoms with Crippen LogP contribution in [0.1, 0.15) is 36.5 Å². The molecule has 1 aliphatic carbocycles. The van der Waals surface area contributed by atoms with E-state index >= 15 is 0 Å². The van der Waals surface area contributed by atoms with Crippen LogP contribution < -0.4 is 4.74 Å². The Kier molecular flexibility index (Phi) is 3.87. The van der Waals surface area contributed by atoms with Gasteiger partial charge in [0, 0.05) is 6.92 Å². The Hall–Kier alpha value is -2.35. The monoisotopic (exact) mass is 278 g/mol. The fourth-order valence-corrected chi connectivity index (χ4v) is 2.80. The number of fused-ring (bicyclic) bond motifs is 1. The number of carbonyl (C=O) groups excluding carboxylic acids is 1. The van der Waals surface area contributed by atoms with E-state index in [9.17, 15) is 4.79 Å². The predicted octanol–water partition coefficient (Wildman–Crippen LogP) is 4.49. The smallest absolute Gasteiger partial charge is 0.308 e. The third kappa shape index (κ3) is 3.22. The van der Waals surface area contributed by atoms with Gasteiger partial charge in [0.2, 0.25) is 0 Å². The molecule has 2 aromatic rings. The number of hydrogen-bond donors (Lipinski definition) is 0. The van der Waals surface area contributed by atoms with Gasteiger partial charge in [-0.2, -0.15) is 0 Å². The first kappa shape index (κ1) is 13.6. The molecule has 0 N–H and O–H groups in total. The highest BCUT2D eigenvalue weighted by Gasteiger charge is 2.12. The van der Waals surface area contributed by atoms with Gasteiger partial charge in [-0.1, -0.05) is 42.5 Å². The molecule has 0 atom stereocenters. The van der Waals surface area contributed by atoms with Gasteiger partial charge >= 0.3 is 5.97 Å². The summed E-state index contributed by atoms with van der Waals surface area (Å²) in [6, 6.07) is 16.3. The van der Waals surface area contributed by atoms with Gasteiger partial charge in [0.25, 0.3) is 0 Å². The molecular formula is C19H18O2. The maximum atomic E-state index is 10.9. The molecule has 2 heteroatoms. The third-order valence-corrected chi connectivity index (χ3v) is 3.74. The lowest BCUT2D eigenvalue weighted by Crippen LogP contribution is -2.01. The predicted molar refractivity (Wildman–Crippen MR) is 85.0 cm³/mol. The molecule has 21 heavy (non-hydrogen) atoms. The van der Waals surface area contributed by atoms with Crippen LogP contribution in [0.25, 0.3) is 11.6 Å². The van der Waals surface area contributed by atoms with E-state index in [4.69, 9.17) is 4.74 Å².